The number of aryl methyl sites for hydroxylation is 3. The van der Waals surface area contributed by atoms with Crippen LogP contribution in [0.25, 0.3) is 0 Å². The third-order valence-corrected chi connectivity index (χ3v) is 5.12. The first kappa shape index (κ1) is 20.9. The van der Waals surface area contributed by atoms with E-state index in [1.807, 2.05) is 32.9 Å². The summed E-state index contributed by atoms with van der Waals surface area (Å²) < 4.78 is 0. The van der Waals surface area contributed by atoms with Gasteiger partial charge in [0.25, 0.3) is 5.91 Å². The van der Waals surface area contributed by atoms with E-state index >= 15 is 0 Å². The van der Waals surface area contributed by atoms with E-state index in [1.165, 1.54) is 0 Å². The summed E-state index contributed by atoms with van der Waals surface area (Å²) in [6, 6.07) is 3.48. The molecule has 27 heavy (non-hydrogen) atoms. The first-order valence-corrected chi connectivity index (χ1v) is 9.69. The van der Waals surface area contributed by atoms with E-state index in [9.17, 15) is 14.4 Å². The summed E-state index contributed by atoms with van der Waals surface area (Å²) in [6.45, 7) is 9.45. The number of carbonyl (C=O) groups is 3. The Kier molecular flexibility index (Phi) is 6.63. The molecule has 2 rings (SSSR count). The summed E-state index contributed by atoms with van der Waals surface area (Å²) in [5, 5.41) is 5.61. The molecule has 0 saturated carbocycles. The van der Waals surface area contributed by atoms with Crippen LogP contribution >= 0.6 is 0 Å². The van der Waals surface area contributed by atoms with Crippen LogP contribution in [0, 0.1) is 20.8 Å². The standard InChI is InChI=1S/C21H31N3O3/c1-6-7-8-9-10-21(5)19(26)24(20(27)23-21)13-17(25)22-18-15(3)11-14(2)12-16(18)4/h11-12H,6-10,13H2,1-5H3,(H,22,25)(H,23,27)/t21-/m1/s1. The zero-order chi connectivity index (χ0) is 20.2. The molecule has 0 bridgehead atoms. The van der Waals surface area contributed by atoms with Gasteiger partial charge in [-0.15, -0.1) is 0 Å². The van der Waals surface area contributed by atoms with Crippen molar-refractivity contribution in [1.82, 2.24) is 10.2 Å². The quantitative estimate of drug-likeness (QED) is 0.537. The molecule has 1 atom stereocenters. The number of unbranched alkanes of at least 4 members (excludes halogenated alkanes) is 3. The molecule has 1 aliphatic heterocycles. The lowest BCUT2D eigenvalue weighted by Crippen LogP contribution is -2.44. The van der Waals surface area contributed by atoms with Crippen molar-refractivity contribution >= 4 is 23.5 Å². The van der Waals surface area contributed by atoms with Gasteiger partial charge in [0.2, 0.25) is 5.91 Å². The summed E-state index contributed by atoms with van der Waals surface area (Å²) in [6.07, 6.45) is 4.71. The van der Waals surface area contributed by atoms with E-state index < -0.39 is 11.6 Å². The van der Waals surface area contributed by atoms with Gasteiger partial charge in [0.05, 0.1) is 0 Å². The Morgan fingerprint density at radius 3 is 2.33 bits per heavy atom. The topological polar surface area (TPSA) is 78.5 Å². The molecule has 1 aromatic rings. The van der Waals surface area contributed by atoms with Crippen molar-refractivity contribution in [3.05, 3.63) is 28.8 Å². The fraction of sp³-hybridized carbons (Fsp3) is 0.571. The molecule has 6 heteroatoms. The van der Waals surface area contributed by atoms with Gasteiger partial charge in [0.15, 0.2) is 0 Å². The summed E-state index contributed by atoms with van der Waals surface area (Å²) in [4.78, 5) is 38.5. The highest BCUT2D eigenvalue weighted by molar-refractivity contribution is 6.10. The van der Waals surface area contributed by atoms with Gasteiger partial charge in [-0.3, -0.25) is 14.5 Å². The number of amides is 4. The molecular formula is C21H31N3O3. The lowest BCUT2D eigenvalue weighted by molar-refractivity contribution is -0.133. The second-order valence-electron chi connectivity index (χ2n) is 7.79. The van der Waals surface area contributed by atoms with Gasteiger partial charge in [-0.05, 0) is 45.2 Å². The zero-order valence-corrected chi connectivity index (χ0v) is 17.1. The zero-order valence-electron chi connectivity index (χ0n) is 17.1. The van der Waals surface area contributed by atoms with Gasteiger partial charge < -0.3 is 10.6 Å². The van der Waals surface area contributed by atoms with Crippen LogP contribution in [0.3, 0.4) is 0 Å². The average molecular weight is 373 g/mol. The summed E-state index contributed by atoms with van der Waals surface area (Å²) in [5.74, 6) is -0.694. The molecule has 1 saturated heterocycles. The van der Waals surface area contributed by atoms with Crippen LogP contribution in [0.1, 0.15) is 62.6 Å². The van der Waals surface area contributed by atoms with Crippen molar-refractivity contribution in [2.24, 2.45) is 0 Å². The van der Waals surface area contributed by atoms with Gasteiger partial charge >= 0.3 is 6.03 Å². The number of benzene rings is 1. The number of nitrogens with one attached hydrogen (secondary N) is 2. The third-order valence-electron chi connectivity index (χ3n) is 5.12. The second kappa shape index (κ2) is 8.55. The van der Waals surface area contributed by atoms with E-state index in [4.69, 9.17) is 0 Å². The van der Waals surface area contributed by atoms with Crippen molar-refractivity contribution in [3.8, 4) is 0 Å². The predicted molar refractivity (Wildman–Crippen MR) is 107 cm³/mol. The third kappa shape index (κ3) is 4.87. The number of hydrogen-bond acceptors (Lipinski definition) is 3. The summed E-state index contributed by atoms with van der Waals surface area (Å²) in [7, 11) is 0. The molecule has 2 N–H and O–H groups in total. The molecule has 148 valence electrons. The molecule has 4 amide bonds. The van der Waals surface area contributed by atoms with Crippen LogP contribution in [0.2, 0.25) is 0 Å². The number of nitrogens with zero attached hydrogens (tertiary/aromatic N) is 1. The van der Waals surface area contributed by atoms with Gasteiger partial charge in [0, 0.05) is 5.69 Å². The highest BCUT2D eigenvalue weighted by Crippen LogP contribution is 2.25. The molecule has 0 aliphatic carbocycles. The van der Waals surface area contributed by atoms with Crippen molar-refractivity contribution in [2.75, 3.05) is 11.9 Å². The van der Waals surface area contributed by atoms with Crippen molar-refractivity contribution in [2.45, 2.75) is 72.3 Å². The van der Waals surface area contributed by atoms with Gasteiger partial charge in [-0.1, -0.05) is 50.3 Å². The van der Waals surface area contributed by atoms with Crippen molar-refractivity contribution < 1.29 is 14.4 Å². The van der Waals surface area contributed by atoms with E-state index in [0.717, 1.165) is 53.0 Å². The van der Waals surface area contributed by atoms with Crippen molar-refractivity contribution in [1.29, 1.82) is 0 Å². The molecule has 0 spiro atoms. The van der Waals surface area contributed by atoms with Crippen LogP contribution in [-0.2, 0) is 9.59 Å². The minimum Gasteiger partial charge on any atom is -0.324 e. The molecule has 0 aromatic heterocycles. The molecular weight excluding hydrogens is 342 g/mol. The second-order valence-corrected chi connectivity index (χ2v) is 7.79. The van der Waals surface area contributed by atoms with E-state index in [1.54, 1.807) is 6.92 Å². The number of imide groups is 1. The lowest BCUT2D eigenvalue weighted by Gasteiger charge is -2.21. The first-order chi connectivity index (χ1) is 12.7. The van der Waals surface area contributed by atoms with Crippen LogP contribution in [0.15, 0.2) is 12.1 Å². The number of anilines is 1. The van der Waals surface area contributed by atoms with E-state index in [2.05, 4.69) is 17.6 Å². The molecule has 0 unspecified atom stereocenters. The molecule has 1 fully saturated rings. The number of urea groups is 1. The SMILES string of the molecule is CCCCCC[C@@]1(C)NC(=O)N(CC(=O)Nc2c(C)cc(C)cc2C)C1=O. The number of rotatable bonds is 8. The fourth-order valence-electron chi connectivity index (χ4n) is 3.67. The van der Waals surface area contributed by atoms with Crippen LogP contribution in [0.5, 0.6) is 0 Å². The lowest BCUT2D eigenvalue weighted by atomic mass is 9.94. The number of carbonyl (C=O) groups excluding carboxylic acids is 3. The minimum atomic E-state index is -0.916. The summed E-state index contributed by atoms with van der Waals surface area (Å²) >= 11 is 0. The molecule has 0 radical (unpaired) electrons. The Balaban J connectivity index is 2.01. The van der Waals surface area contributed by atoms with E-state index in [-0.39, 0.29) is 18.4 Å². The van der Waals surface area contributed by atoms with Crippen LogP contribution in [-0.4, -0.2) is 34.8 Å². The van der Waals surface area contributed by atoms with Gasteiger partial charge in [0.1, 0.15) is 12.1 Å². The Hall–Kier alpha value is -2.37. The van der Waals surface area contributed by atoms with Crippen molar-refractivity contribution in [3.63, 3.8) is 0 Å². The van der Waals surface area contributed by atoms with Gasteiger partial charge in [-0.25, -0.2) is 4.79 Å². The Labute approximate surface area is 161 Å². The maximum atomic E-state index is 12.7. The largest absolute Gasteiger partial charge is 0.325 e. The summed E-state index contributed by atoms with van der Waals surface area (Å²) in [5.41, 5.74) is 2.86. The Morgan fingerprint density at radius 1 is 1.11 bits per heavy atom. The van der Waals surface area contributed by atoms with Gasteiger partial charge in [-0.2, -0.15) is 0 Å². The smallest absolute Gasteiger partial charge is 0.324 e. The first-order valence-electron chi connectivity index (χ1n) is 9.69. The molecule has 1 aromatic carbocycles. The Bertz CT molecular complexity index is 721. The fourth-order valence-corrected chi connectivity index (χ4v) is 3.67. The van der Waals surface area contributed by atoms with Crippen LogP contribution in [0.4, 0.5) is 10.5 Å². The minimum absolute atomic E-state index is 0.276. The molecule has 1 heterocycles. The average Bonchev–Trinajstić information content (AvgIpc) is 2.78. The maximum Gasteiger partial charge on any atom is 0.325 e. The monoisotopic (exact) mass is 373 g/mol. The normalized spacial score (nSPS) is 19.4. The predicted octanol–water partition coefficient (Wildman–Crippen LogP) is 3.83. The molecule has 1 aliphatic rings. The Morgan fingerprint density at radius 2 is 1.74 bits per heavy atom. The number of hydrogen-bond donors (Lipinski definition) is 2. The van der Waals surface area contributed by atoms with E-state index in [0.29, 0.717) is 6.42 Å². The maximum absolute atomic E-state index is 12.7. The highest BCUT2D eigenvalue weighted by Gasteiger charge is 2.47. The van der Waals surface area contributed by atoms with Crippen LogP contribution < -0.4 is 10.6 Å². The molecule has 6 nitrogen and oxygen atoms in total. The highest BCUT2D eigenvalue weighted by atomic mass is 16.2.